The molecule has 0 fully saturated rings. The SMILES string of the molecule is CC(C)(C)c1cc(N2C=C(C(C)(C)c3ccccc3)N(c3cccc(Oc4ccc5c6cc(-c7ccccc7)ccc6n(-c6cc(C(C)(C)C)ccn6)c5c4)c3)C2)cc(C(C)(C)C)c1. The number of hydrogen-bond acceptors (Lipinski definition) is 4. The number of allylic oxidation sites excluding steroid dienone is 1. The van der Waals surface area contributed by atoms with E-state index in [9.17, 15) is 0 Å². The molecule has 2 aromatic heterocycles. The second-order valence-corrected chi connectivity index (χ2v) is 21.2. The molecule has 0 amide bonds. The quantitative estimate of drug-likeness (QED) is 0.153. The molecule has 0 spiro atoms. The molecular formula is C59H62N4O. The van der Waals surface area contributed by atoms with Gasteiger partial charge in [-0.05, 0) is 110 Å². The van der Waals surface area contributed by atoms with Gasteiger partial charge in [0.15, 0.2) is 0 Å². The molecular weight excluding hydrogens is 781 g/mol. The van der Waals surface area contributed by atoms with Crippen molar-refractivity contribution in [3.63, 3.8) is 0 Å². The first kappa shape index (κ1) is 42.7. The van der Waals surface area contributed by atoms with E-state index < -0.39 is 0 Å². The van der Waals surface area contributed by atoms with Crippen LogP contribution in [0.2, 0.25) is 0 Å². The summed E-state index contributed by atoms with van der Waals surface area (Å²) in [6.45, 7) is 25.9. The van der Waals surface area contributed by atoms with Crippen LogP contribution in [0, 0.1) is 0 Å². The lowest BCUT2D eigenvalue weighted by molar-refractivity contribution is 0.483. The lowest BCUT2D eigenvalue weighted by Crippen LogP contribution is -2.34. The zero-order chi connectivity index (χ0) is 45.2. The Morgan fingerprint density at radius 1 is 0.469 bits per heavy atom. The van der Waals surface area contributed by atoms with Gasteiger partial charge in [0.25, 0.3) is 0 Å². The summed E-state index contributed by atoms with van der Waals surface area (Å²) in [7, 11) is 0. The van der Waals surface area contributed by atoms with Crippen LogP contribution in [0.1, 0.15) is 98.4 Å². The Balaban J connectivity index is 1.12. The smallest absolute Gasteiger partial charge is 0.137 e. The van der Waals surface area contributed by atoms with Crippen LogP contribution in [0.4, 0.5) is 11.4 Å². The standard InChI is InChI=1S/C59H62N4O/c1-56(2,3)43-29-30-60-55(35-43)63-52-28-25-41(40-19-14-12-15-20-40)31-51(52)50-27-26-49(37-53(50)63)64-48-24-18-23-46(36-48)62-39-61(38-54(62)59(10,11)42-21-16-13-17-22-42)47-33-44(57(4,5)6)32-45(34-47)58(7,8)9/h12-38H,39H2,1-11H3. The Kier molecular flexibility index (Phi) is 10.6. The normalized spacial score (nSPS) is 13.8. The van der Waals surface area contributed by atoms with Gasteiger partial charge in [-0.3, -0.25) is 4.57 Å². The van der Waals surface area contributed by atoms with Gasteiger partial charge >= 0.3 is 0 Å². The molecule has 324 valence electrons. The average Bonchev–Trinajstić information content (AvgIpc) is 3.87. The van der Waals surface area contributed by atoms with Crippen molar-refractivity contribution in [1.82, 2.24) is 9.55 Å². The molecule has 9 rings (SSSR count). The van der Waals surface area contributed by atoms with E-state index in [1.54, 1.807) is 0 Å². The summed E-state index contributed by atoms with van der Waals surface area (Å²) < 4.78 is 9.17. The second kappa shape index (κ2) is 15.9. The molecule has 0 radical (unpaired) electrons. The Hall–Kier alpha value is -6.59. The third-order valence-electron chi connectivity index (χ3n) is 13.0. The van der Waals surface area contributed by atoms with Crippen molar-refractivity contribution in [2.24, 2.45) is 0 Å². The van der Waals surface area contributed by atoms with Crippen LogP contribution in [0.15, 0.2) is 170 Å². The van der Waals surface area contributed by atoms with E-state index in [4.69, 9.17) is 9.72 Å². The van der Waals surface area contributed by atoms with Crippen molar-refractivity contribution < 1.29 is 4.74 Å². The molecule has 3 heterocycles. The van der Waals surface area contributed by atoms with Gasteiger partial charge in [-0.1, -0.05) is 155 Å². The van der Waals surface area contributed by atoms with Crippen LogP contribution >= 0.6 is 0 Å². The molecule has 5 nitrogen and oxygen atoms in total. The van der Waals surface area contributed by atoms with E-state index in [-0.39, 0.29) is 21.7 Å². The molecule has 64 heavy (non-hydrogen) atoms. The minimum absolute atomic E-state index is 0.00635. The van der Waals surface area contributed by atoms with Crippen molar-refractivity contribution in [2.75, 3.05) is 16.5 Å². The van der Waals surface area contributed by atoms with Crippen molar-refractivity contribution >= 4 is 33.2 Å². The molecule has 0 bridgehead atoms. The van der Waals surface area contributed by atoms with Gasteiger partial charge in [0.2, 0.25) is 0 Å². The topological polar surface area (TPSA) is 33.5 Å². The van der Waals surface area contributed by atoms with Gasteiger partial charge in [0.05, 0.1) is 17.7 Å². The van der Waals surface area contributed by atoms with Gasteiger partial charge in [-0.25, -0.2) is 4.98 Å². The van der Waals surface area contributed by atoms with E-state index in [2.05, 4.69) is 248 Å². The number of hydrogen-bond donors (Lipinski definition) is 0. The highest BCUT2D eigenvalue weighted by Gasteiger charge is 2.36. The summed E-state index contributed by atoms with van der Waals surface area (Å²) in [4.78, 5) is 9.85. The maximum atomic E-state index is 6.87. The third kappa shape index (κ3) is 8.20. The number of fused-ring (bicyclic) bond motifs is 3. The first-order valence-corrected chi connectivity index (χ1v) is 22.7. The number of nitrogens with zero attached hydrogens (tertiary/aromatic N) is 4. The average molecular weight is 843 g/mol. The van der Waals surface area contributed by atoms with Crippen LogP contribution in [0.3, 0.4) is 0 Å². The molecule has 5 heteroatoms. The Morgan fingerprint density at radius 3 is 1.80 bits per heavy atom. The van der Waals surface area contributed by atoms with Gasteiger partial charge in [-0.15, -0.1) is 0 Å². The molecule has 0 saturated heterocycles. The van der Waals surface area contributed by atoms with Gasteiger partial charge in [0.1, 0.15) is 17.3 Å². The lowest BCUT2D eigenvalue weighted by atomic mass is 9.80. The summed E-state index contributed by atoms with van der Waals surface area (Å²) in [6, 6.07) is 54.8. The van der Waals surface area contributed by atoms with Crippen LogP contribution < -0.4 is 14.5 Å². The molecule has 0 atom stereocenters. The van der Waals surface area contributed by atoms with E-state index >= 15 is 0 Å². The fourth-order valence-corrected chi connectivity index (χ4v) is 8.99. The summed E-state index contributed by atoms with van der Waals surface area (Å²) in [5, 5.41) is 2.33. The third-order valence-corrected chi connectivity index (χ3v) is 13.0. The van der Waals surface area contributed by atoms with Crippen molar-refractivity contribution in [3.05, 3.63) is 192 Å². The fraction of sp³-hybridized carbons (Fsp3) is 0.271. The monoisotopic (exact) mass is 842 g/mol. The number of rotatable bonds is 8. The Bertz CT molecular complexity index is 2990. The number of aromatic nitrogens is 2. The largest absolute Gasteiger partial charge is 0.457 e. The minimum Gasteiger partial charge on any atom is -0.457 e. The zero-order valence-electron chi connectivity index (χ0n) is 39.5. The maximum Gasteiger partial charge on any atom is 0.137 e. The maximum absolute atomic E-state index is 6.87. The predicted molar refractivity (Wildman–Crippen MR) is 270 cm³/mol. The van der Waals surface area contributed by atoms with Crippen molar-refractivity contribution in [3.8, 4) is 28.4 Å². The Labute approximate surface area is 380 Å². The predicted octanol–water partition coefficient (Wildman–Crippen LogP) is 15.6. The molecule has 0 N–H and O–H groups in total. The van der Waals surface area contributed by atoms with Crippen LogP contribution in [-0.4, -0.2) is 16.2 Å². The fourth-order valence-electron chi connectivity index (χ4n) is 8.99. The zero-order valence-corrected chi connectivity index (χ0v) is 39.5. The van der Waals surface area contributed by atoms with E-state index in [1.807, 2.05) is 6.20 Å². The minimum atomic E-state index is -0.293. The van der Waals surface area contributed by atoms with E-state index in [0.717, 1.165) is 39.4 Å². The molecule has 1 aliphatic heterocycles. The summed E-state index contributed by atoms with van der Waals surface area (Å²) in [5.74, 6) is 2.43. The van der Waals surface area contributed by atoms with Gasteiger partial charge in [0, 0.05) is 57.8 Å². The number of benzene rings is 6. The molecule has 1 aliphatic rings. The lowest BCUT2D eigenvalue weighted by Gasteiger charge is -2.34. The van der Waals surface area contributed by atoms with Gasteiger partial charge in [-0.2, -0.15) is 0 Å². The van der Waals surface area contributed by atoms with Crippen LogP contribution in [0.25, 0.3) is 38.8 Å². The molecule has 0 unspecified atom stereocenters. The number of anilines is 2. The summed E-state index contributed by atoms with van der Waals surface area (Å²) >= 11 is 0. The Morgan fingerprint density at radius 2 is 1.12 bits per heavy atom. The van der Waals surface area contributed by atoms with Crippen molar-refractivity contribution in [2.45, 2.75) is 97.8 Å². The molecule has 0 aliphatic carbocycles. The van der Waals surface area contributed by atoms with Crippen LogP contribution in [0.5, 0.6) is 11.5 Å². The molecule has 0 saturated carbocycles. The number of pyridine rings is 1. The molecule has 8 aromatic rings. The van der Waals surface area contributed by atoms with Crippen LogP contribution in [-0.2, 0) is 21.7 Å². The summed E-state index contributed by atoms with van der Waals surface area (Å²) in [6.07, 6.45) is 4.30. The highest BCUT2D eigenvalue weighted by molar-refractivity contribution is 6.10. The number of ether oxygens (including phenoxy) is 1. The first-order chi connectivity index (χ1) is 30.3. The first-order valence-electron chi connectivity index (χ1n) is 22.7. The van der Waals surface area contributed by atoms with Crippen molar-refractivity contribution in [1.29, 1.82) is 0 Å². The highest BCUT2D eigenvalue weighted by atomic mass is 16.5. The van der Waals surface area contributed by atoms with Gasteiger partial charge < -0.3 is 14.5 Å². The summed E-state index contributed by atoms with van der Waals surface area (Å²) in [5.41, 5.74) is 12.9. The van der Waals surface area contributed by atoms with E-state index in [1.165, 1.54) is 50.2 Å². The second-order valence-electron chi connectivity index (χ2n) is 21.2. The van der Waals surface area contributed by atoms with E-state index in [0.29, 0.717) is 6.67 Å². The molecule has 6 aromatic carbocycles. The highest BCUT2D eigenvalue weighted by Crippen LogP contribution is 2.44.